The first-order chi connectivity index (χ1) is 29.7. The SMILES string of the molecule is COc1cc(C(=O)OC2OC[C@@H](OC(=O)c3cc(Br)c(OC)c(OC)c3)[C@H](OC(=O)c3cc(Br)c(OC)c(OC)c3)[C@H]2OC(=O)c2cc(Br)c(OC)c(OC)c2)cc(Br)c1OC. The van der Waals surface area contributed by atoms with Crippen LogP contribution in [0.2, 0.25) is 0 Å². The van der Waals surface area contributed by atoms with E-state index in [9.17, 15) is 19.2 Å². The Kier molecular flexibility index (Phi) is 16.6. The lowest BCUT2D eigenvalue weighted by molar-refractivity contribution is -0.250. The summed E-state index contributed by atoms with van der Waals surface area (Å²) in [5.41, 5.74) is -0.192. The van der Waals surface area contributed by atoms with E-state index in [-0.39, 0.29) is 56.8 Å². The normalized spacial score (nSPS) is 16.8. The summed E-state index contributed by atoms with van der Waals surface area (Å²) in [4.78, 5) is 56.2. The highest BCUT2D eigenvalue weighted by Crippen LogP contribution is 2.41. The van der Waals surface area contributed by atoms with E-state index in [1.165, 1.54) is 105 Å². The number of halogens is 4. The summed E-state index contributed by atoms with van der Waals surface area (Å²) >= 11 is 13.5. The maximum Gasteiger partial charge on any atom is 0.340 e. The Morgan fingerprint density at radius 1 is 0.419 bits per heavy atom. The van der Waals surface area contributed by atoms with Crippen LogP contribution in [0.5, 0.6) is 46.0 Å². The van der Waals surface area contributed by atoms with Gasteiger partial charge in [0.25, 0.3) is 0 Å². The predicted octanol–water partition coefficient (Wildman–Crippen LogP) is 8.00. The first-order valence-corrected chi connectivity index (χ1v) is 21.0. The zero-order valence-corrected chi connectivity index (χ0v) is 40.4. The number of carbonyl (C=O) groups excluding carboxylic acids is 4. The molecule has 0 aliphatic carbocycles. The summed E-state index contributed by atoms with van der Waals surface area (Å²) in [5.74, 6) is -2.09. The summed E-state index contributed by atoms with van der Waals surface area (Å²) in [5, 5.41) is 0. The summed E-state index contributed by atoms with van der Waals surface area (Å²) in [6, 6.07) is 11.0. The third-order valence-electron chi connectivity index (χ3n) is 9.03. The van der Waals surface area contributed by atoms with Crippen molar-refractivity contribution in [3.8, 4) is 46.0 Å². The molecule has 332 valence electrons. The van der Waals surface area contributed by atoms with Gasteiger partial charge < -0.3 is 61.6 Å². The molecule has 21 heteroatoms. The van der Waals surface area contributed by atoms with Crippen molar-refractivity contribution in [3.05, 3.63) is 88.7 Å². The summed E-state index contributed by atoms with van der Waals surface area (Å²) < 4.78 is 74.5. The Hall–Kier alpha value is -4.96. The minimum atomic E-state index is -1.82. The third kappa shape index (κ3) is 10.4. The summed E-state index contributed by atoms with van der Waals surface area (Å²) in [7, 11) is 11.2. The van der Waals surface area contributed by atoms with Crippen LogP contribution in [0.25, 0.3) is 0 Å². The minimum absolute atomic E-state index is 0.0141. The van der Waals surface area contributed by atoms with Gasteiger partial charge in [-0.05, 0) is 112 Å². The van der Waals surface area contributed by atoms with Gasteiger partial charge >= 0.3 is 23.9 Å². The lowest BCUT2D eigenvalue weighted by atomic mass is 10.0. The zero-order chi connectivity index (χ0) is 45.4. The van der Waals surface area contributed by atoms with Gasteiger partial charge in [-0.2, -0.15) is 0 Å². The molecule has 1 unspecified atom stereocenters. The number of esters is 4. The molecule has 5 rings (SSSR count). The highest BCUT2D eigenvalue weighted by molar-refractivity contribution is 9.11. The average Bonchev–Trinajstić information content (AvgIpc) is 3.26. The van der Waals surface area contributed by atoms with Crippen LogP contribution in [0.4, 0.5) is 0 Å². The Morgan fingerprint density at radius 2 is 0.710 bits per heavy atom. The van der Waals surface area contributed by atoms with E-state index >= 15 is 0 Å². The van der Waals surface area contributed by atoms with E-state index in [0.29, 0.717) is 29.4 Å². The van der Waals surface area contributed by atoms with Crippen LogP contribution in [-0.4, -0.2) is 112 Å². The molecule has 0 saturated carbocycles. The predicted molar refractivity (Wildman–Crippen MR) is 232 cm³/mol. The molecular formula is C41H38Br4O17. The zero-order valence-electron chi connectivity index (χ0n) is 34.1. The second-order valence-electron chi connectivity index (χ2n) is 12.6. The van der Waals surface area contributed by atoms with Crippen LogP contribution < -0.4 is 37.9 Å². The molecule has 1 saturated heterocycles. The molecule has 0 radical (unpaired) electrons. The van der Waals surface area contributed by atoms with E-state index in [4.69, 9.17) is 61.6 Å². The number of hydrogen-bond acceptors (Lipinski definition) is 17. The van der Waals surface area contributed by atoms with Gasteiger partial charge in [0.2, 0.25) is 12.4 Å². The van der Waals surface area contributed by atoms with Gasteiger partial charge in [-0.3, -0.25) is 0 Å². The molecule has 1 aliphatic heterocycles. The molecule has 0 aromatic heterocycles. The molecule has 4 aromatic carbocycles. The van der Waals surface area contributed by atoms with Gasteiger partial charge in [-0.15, -0.1) is 0 Å². The van der Waals surface area contributed by atoms with E-state index < -0.39 is 55.1 Å². The number of hydrogen-bond donors (Lipinski definition) is 0. The topological polar surface area (TPSA) is 188 Å². The number of methoxy groups -OCH3 is 8. The maximum atomic E-state index is 14.2. The Bertz CT molecular complexity index is 2180. The largest absolute Gasteiger partial charge is 0.493 e. The second kappa shape index (κ2) is 21.4. The van der Waals surface area contributed by atoms with Crippen molar-refractivity contribution in [1.29, 1.82) is 0 Å². The summed E-state index contributed by atoms with van der Waals surface area (Å²) in [6.45, 7) is -0.544. The smallest absolute Gasteiger partial charge is 0.340 e. The molecule has 62 heavy (non-hydrogen) atoms. The molecule has 17 nitrogen and oxygen atoms in total. The van der Waals surface area contributed by atoms with Crippen molar-refractivity contribution < 1.29 is 80.8 Å². The first-order valence-electron chi connectivity index (χ1n) is 17.8. The lowest BCUT2D eigenvalue weighted by Gasteiger charge is -2.40. The van der Waals surface area contributed by atoms with Crippen molar-refractivity contribution >= 4 is 87.6 Å². The minimum Gasteiger partial charge on any atom is -0.493 e. The Labute approximate surface area is 388 Å². The van der Waals surface area contributed by atoms with Crippen LogP contribution in [0.1, 0.15) is 41.4 Å². The van der Waals surface area contributed by atoms with E-state index in [0.717, 1.165) is 0 Å². The third-order valence-corrected chi connectivity index (χ3v) is 11.4. The number of rotatable bonds is 16. The van der Waals surface area contributed by atoms with Gasteiger partial charge in [0.1, 0.15) is 0 Å². The van der Waals surface area contributed by atoms with Crippen LogP contribution in [0.3, 0.4) is 0 Å². The molecule has 0 spiro atoms. The van der Waals surface area contributed by atoms with Gasteiger partial charge in [-0.25, -0.2) is 19.2 Å². The Morgan fingerprint density at radius 3 is 1.02 bits per heavy atom. The van der Waals surface area contributed by atoms with Crippen molar-refractivity contribution in [1.82, 2.24) is 0 Å². The maximum absolute atomic E-state index is 14.2. The second-order valence-corrected chi connectivity index (χ2v) is 16.0. The monoisotopic (exact) mass is 1120 g/mol. The van der Waals surface area contributed by atoms with Crippen LogP contribution in [0, 0.1) is 0 Å². The fourth-order valence-electron chi connectivity index (χ4n) is 6.12. The van der Waals surface area contributed by atoms with Crippen LogP contribution in [-0.2, 0) is 23.7 Å². The first kappa shape index (κ1) is 48.1. The van der Waals surface area contributed by atoms with Crippen LogP contribution in [0.15, 0.2) is 66.4 Å². The van der Waals surface area contributed by atoms with E-state index in [2.05, 4.69) is 63.7 Å². The van der Waals surface area contributed by atoms with Gasteiger partial charge in [0.15, 0.2) is 58.2 Å². The van der Waals surface area contributed by atoms with E-state index in [1.807, 2.05) is 0 Å². The molecule has 0 N–H and O–H groups in total. The van der Waals surface area contributed by atoms with E-state index in [1.54, 1.807) is 0 Å². The molecular weight excluding hydrogens is 1080 g/mol. The molecule has 4 atom stereocenters. The molecule has 1 fully saturated rings. The van der Waals surface area contributed by atoms with Crippen LogP contribution >= 0.6 is 63.7 Å². The molecule has 1 heterocycles. The van der Waals surface area contributed by atoms with Crippen molar-refractivity contribution in [2.24, 2.45) is 0 Å². The van der Waals surface area contributed by atoms with Crippen molar-refractivity contribution in [3.63, 3.8) is 0 Å². The highest BCUT2D eigenvalue weighted by atomic mass is 79.9. The molecule has 4 aromatic rings. The van der Waals surface area contributed by atoms with Crippen molar-refractivity contribution in [2.45, 2.75) is 24.6 Å². The quantitative estimate of drug-likeness (QED) is 0.0775. The van der Waals surface area contributed by atoms with Crippen molar-refractivity contribution in [2.75, 3.05) is 63.5 Å². The number of benzene rings is 4. The molecule has 0 bridgehead atoms. The lowest BCUT2D eigenvalue weighted by Crippen LogP contribution is -2.58. The van der Waals surface area contributed by atoms with Gasteiger partial charge in [0, 0.05) is 0 Å². The summed E-state index contributed by atoms with van der Waals surface area (Å²) in [6.07, 6.45) is -6.85. The standard InChI is InChI=1S/C41H38Br4O17/c1-50-26-13-18(9-22(42)31(26)54-5)37(46)59-30-17-58-41(62-40(49)21-12-25(45)34(57-8)29(16-21)53-4)36(61-39(48)20-11-24(44)33(56-7)28(15-20)52-3)35(30)60-38(47)19-10-23(43)32(55-6)27(14-19)51-2/h9-16,30,35-36,41H,17H2,1-8H3/t30-,35+,36-,41?/m1/s1. The fraction of sp³-hybridized carbons (Fsp3) is 0.317. The Balaban J connectivity index is 1.63. The van der Waals surface area contributed by atoms with Gasteiger partial charge in [0.05, 0.1) is 104 Å². The molecule has 1 aliphatic rings. The fourth-order valence-corrected chi connectivity index (χ4v) is 8.53. The van der Waals surface area contributed by atoms with Gasteiger partial charge in [-0.1, -0.05) is 0 Å². The average molecular weight is 1120 g/mol. The highest BCUT2D eigenvalue weighted by Gasteiger charge is 2.50. The molecule has 0 amide bonds. The number of carbonyl (C=O) groups is 4. The number of ether oxygens (including phenoxy) is 13.